The van der Waals surface area contributed by atoms with Crippen LogP contribution in [-0.4, -0.2) is 33.7 Å². The van der Waals surface area contributed by atoms with E-state index in [0.29, 0.717) is 30.1 Å². The molecular weight excluding hydrogens is 410 g/mol. The molecule has 0 unspecified atom stereocenters. The number of nitriles is 1. The van der Waals surface area contributed by atoms with E-state index < -0.39 is 0 Å². The summed E-state index contributed by atoms with van der Waals surface area (Å²) in [5.74, 6) is 0.504. The van der Waals surface area contributed by atoms with Crippen molar-refractivity contribution in [3.8, 4) is 11.9 Å². The number of ether oxygens (including phenoxy) is 1. The van der Waals surface area contributed by atoms with E-state index in [1.807, 2.05) is 13.8 Å². The number of aromatic nitrogens is 3. The van der Waals surface area contributed by atoms with Crippen LogP contribution in [0.5, 0.6) is 5.88 Å². The lowest BCUT2D eigenvalue weighted by atomic mass is 10.2. The van der Waals surface area contributed by atoms with Gasteiger partial charge in [0.05, 0.1) is 22.8 Å². The van der Waals surface area contributed by atoms with Crippen LogP contribution in [0, 0.1) is 11.3 Å². The summed E-state index contributed by atoms with van der Waals surface area (Å²) in [4.78, 5) is 19.0. The number of nitrogens with zero attached hydrogens (tertiary/aromatic N) is 5. The monoisotopic (exact) mass is 427 g/mol. The van der Waals surface area contributed by atoms with Gasteiger partial charge in [0.1, 0.15) is 17.5 Å². The zero-order chi connectivity index (χ0) is 19.4. The molecule has 0 radical (unpaired) electrons. The summed E-state index contributed by atoms with van der Waals surface area (Å²) in [6.45, 7) is 4.73. The predicted molar refractivity (Wildman–Crippen MR) is 105 cm³/mol. The third-order valence-corrected chi connectivity index (χ3v) is 4.58. The summed E-state index contributed by atoms with van der Waals surface area (Å²) in [5, 5.41) is 13.4. The maximum Gasteiger partial charge on any atom is 0.259 e. The molecule has 3 aromatic rings. The maximum absolute atomic E-state index is 13.1. The zero-order valence-corrected chi connectivity index (χ0v) is 16.6. The largest absolute Gasteiger partial charge is 0.477 e. The number of pyridine rings is 2. The van der Waals surface area contributed by atoms with Crippen LogP contribution >= 0.6 is 15.9 Å². The van der Waals surface area contributed by atoms with Crippen molar-refractivity contribution in [1.82, 2.24) is 14.6 Å². The Kier molecular flexibility index (Phi) is 5.72. The summed E-state index contributed by atoms with van der Waals surface area (Å²) in [7, 11) is 0. The molecule has 0 bridgehead atoms. The van der Waals surface area contributed by atoms with Gasteiger partial charge in [0.25, 0.3) is 5.91 Å². The van der Waals surface area contributed by atoms with Crippen molar-refractivity contribution in [1.29, 1.82) is 5.26 Å². The SMILES string of the molecule is CCCOc1nc(N(CC)C(=O)c2ccn3ncc(Br)c3c2)ccc1C#N. The Morgan fingerprint density at radius 1 is 1.37 bits per heavy atom. The minimum atomic E-state index is -0.188. The van der Waals surface area contributed by atoms with Gasteiger partial charge in [-0.05, 0) is 53.5 Å². The van der Waals surface area contributed by atoms with Crippen LogP contribution in [0.15, 0.2) is 41.1 Å². The molecule has 8 heteroatoms. The van der Waals surface area contributed by atoms with Gasteiger partial charge in [-0.15, -0.1) is 0 Å². The van der Waals surface area contributed by atoms with Crippen molar-refractivity contribution >= 4 is 33.2 Å². The maximum atomic E-state index is 13.1. The summed E-state index contributed by atoms with van der Waals surface area (Å²) < 4.78 is 8.07. The van der Waals surface area contributed by atoms with E-state index in [4.69, 9.17) is 4.74 Å². The van der Waals surface area contributed by atoms with Crippen molar-refractivity contribution in [3.63, 3.8) is 0 Å². The van der Waals surface area contributed by atoms with E-state index in [0.717, 1.165) is 16.4 Å². The van der Waals surface area contributed by atoms with E-state index in [1.165, 1.54) is 0 Å². The number of halogens is 1. The second kappa shape index (κ2) is 8.18. The number of anilines is 1. The number of amides is 1. The minimum absolute atomic E-state index is 0.188. The highest BCUT2D eigenvalue weighted by Gasteiger charge is 2.20. The van der Waals surface area contributed by atoms with E-state index in [9.17, 15) is 10.1 Å². The van der Waals surface area contributed by atoms with Crippen molar-refractivity contribution in [3.05, 3.63) is 52.3 Å². The highest BCUT2D eigenvalue weighted by atomic mass is 79.9. The van der Waals surface area contributed by atoms with Crippen LogP contribution < -0.4 is 9.64 Å². The van der Waals surface area contributed by atoms with Crippen molar-refractivity contribution in [2.24, 2.45) is 0 Å². The fraction of sp³-hybridized carbons (Fsp3) is 0.263. The number of carbonyl (C=O) groups excluding carboxylic acids is 1. The van der Waals surface area contributed by atoms with E-state index >= 15 is 0 Å². The van der Waals surface area contributed by atoms with Gasteiger partial charge in [-0.25, -0.2) is 4.52 Å². The first kappa shape index (κ1) is 18.9. The Morgan fingerprint density at radius 2 is 2.19 bits per heavy atom. The lowest BCUT2D eigenvalue weighted by molar-refractivity contribution is 0.0987. The molecule has 0 saturated heterocycles. The predicted octanol–water partition coefficient (Wildman–Crippen LogP) is 3.82. The topological polar surface area (TPSA) is 83.5 Å². The molecule has 0 aliphatic rings. The summed E-state index contributed by atoms with van der Waals surface area (Å²) >= 11 is 3.43. The van der Waals surface area contributed by atoms with Gasteiger partial charge >= 0.3 is 0 Å². The molecule has 3 rings (SSSR count). The molecule has 0 aromatic carbocycles. The minimum Gasteiger partial charge on any atom is -0.477 e. The molecule has 3 heterocycles. The van der Waals surface area contributed by atoms with Gasteiger partial charge < -0.3 is 4.74 Å². The smallest absolute Gasteiger partial charge is 0.259 e. The average molecular weight is 428 g/mol. The van der Waals surface area contributed by atoms with E-state index in [-0.39, 0.29) is 11.8 Å². The molecule has 0 spiro atoms. The molecule has 138 valence electrons. The third-order valence-electron chi connectivity index (χ3n) is 3.97. The lowest BCUT2D eigenvalue weighted by Crippen LogP contribution is -2.31. The van der Waals surface area contributed by atoms with Crippen molar-refractivity contribution in [2.75, 3.05) is 18.1 Å². The molecule has 7 nitrogen and oxygen atoms in total. The zero-order valence-electron chi connectivity index (χ0n) is 15.0. The van der Waals surface area contributed by atoms with Crippen LogP contribution in [-0.2, 0) is 0 Å². The molecule has 0 atom stereocenters. The third kappa shape index (κ3) is 3.78. The van der Waals surface area contributed by atoms with Gasteiger partial charge in [0.2, 0.25) is 5.88 Å². The Labute approximate surface area is 165 Å². The first-order valence-electron chi connectivity index (χ1n) is 8.57. The Hall–Kier alpha value is -2.92. The fourth-order valence-electron chi connectivity index (χ4n) is 2.62. The number of fused-ring (bicyclic) bond motifs is 1. The van der Waals surface area contributed by atoms with Crippen LogP contribution in [0.3, 0.4) is 0 Å². The molecule has 0 N–H and O–H groups in total. The van der Waals surface area contributed by atoms with Gasteiger partial charge in [-0.3, -0.25) is 9.69 Å². The Morgan fingerprint density at radius 3 is 2.89 bits per heavy atom. The van der Waals surface area contributed by atoms with Crippen LogP contribution in [0.4, 0.5) is 5.82 Å². The molecule has 1 amide bonds. The number of hydrogen-bond acceptors (Lipinski definition) is 5. The van der Waals surface area contributed by atoms with E-state index in [2.05, 4.69) is 32.1 Å². The lowest BCUT2D eigenvalue weighted by Gasteiger charge is -2.21. The van der Waals surface area contributed by atoms with Gasteiger partial charge in [-0.1, -0.05) is 6.92 Å². The van der Waals surface area contributed by atoms with Gasteiger partial charge in [-0.2, -0.15) is 15.3 Å². The summed E-state index contributed by atoms with van der Waals surface area (Å²) in [6.07, 6.45) is 4.22. The van der Waals surface area contributed by atoms with E-state index in [1.54, 1.807) is 46.1 Å². The molecule has 0 aliphatic carbocycles. The Bertz CT molecular complexity index is 1020. The standard InChI is InChI=1S/C19H18BrN5O2/c1-3-9-27-18-14(11-21)5-6-17(23-18)24(4-2)19(26)13-7-8-25-16(10-13)15(20)12-22-25/h5-8,10,12H,3-4,9H2,1-2H3. The van der Waals surface area contributed by atoms with Gasteiger partial charge in [0.15, 0.2) is 0 Å². The molecule has 0 aliphatic heterocycles. The second-order valence-electron chi connectivity index (χ2n) is 5.77. The highest BCUT2D eigenvalue weighted by molar-refractivity contribution is 9.10. The summed E-state index contributed by atoms with van der Waals surface area (Å²) in [6, 6.07) is 8.85. The Balaban J connectivity index is 1.96. The van der Waals surface area contributed by atoms with Crippen LogP contribution in [0.2, 0.25) is 0 Å². The van der Waals surface area contributed by atoms with Crippen LogP contribution in [0.25, 0.3) is 5.52 Å². The molecule has 0 fully saturated rings. The summed E-state index contributed by atoms with van der Waals surface area (Å²) in [5.41, 5.74) is 1.67. The normalized spacial score (nSPS) is 10.6. The molecular formula is C19H18BrN5O2. The average Bonchev–Trinajstić information content (AvgIpc) is 3.07. The van der Waals surface area contributed by atoms with Gasteiger partial charge in [0, 0.05) is 18.3 Å². The fourth-order valence-corrected chi connectivity index (χ4v) is 3.01. The first-order valence-corrected chi connectivity index (χ1v) is 9.37. The van der Waals surface area contributed by atoms with Crippen molar-refractivity contribution in [2.45, 2.75) is 20.3 Å². The highest BCUT2D eigenvalue weighted by Crippen LogP contribution is 2.24. The number of carbonyl (C=O) groups is 1. The van der Waals surface area contributed by atoms with Crippen molar-refractivity contribution < 1.29 is 9.53 Å². The van der Waals surface area contributed by atoms with Crippen LogP contribution in [0.1, 0.15) is 36.2 Å². The quantitative estimate of drug-likeness (QED) is 0.596. The molecule has 0 saturated carbocycles. The first-order chi connectivity index (χ1) is 13.1. The number of hydrogen-bond donors (Lipinski definition) is 0. The number of rotatable bonds is 6. The second-order valence-corrected chi connectivity index (χ2v) is 6.62. The molecule has 27 heavy (non-hydrogen) atoms. The molecule has 3 aromatic heterocycles.